The van der Waals surface area contributed by atoms with Gasteiger partial charge in [0.05, 0.1) is 22.5 Å². The van der Waals surface area contributed by atoms with E-state index in [0.29, 0.717) is 27.4 Å². The van der Waals surface area contributed by atoms with Crippen LogP contribution in [0.3, 0.4) is 0 Å². The molecule has 1 aliphatic carbocycles. The molecule has 1 aromatic carbocycles. The van der Waals surface area contributed by atoms with Crippen LogP contribution in [0.5, 0.6) is 0 Å². The number of halogens is 4. The van der Waals surface area contributed by atoms with Crippen molar-refractivity contribution in [3.8, 4) is 17.5 Å². The van der Waals surface area contributed by atoms with Crippen molar-refractivity contribution in [3.05, 3.63) is 47.1 Å². The van der Waals surface area contributed by atoms with Crippen LogP contribution in [0.4, 0.5) is 13.2 Å². The number of alkyl halides is 3. The first-order valence-electron chi connectivity index (χ1n) is 10.8. The average molecular weight is 511 g/mol. The van der Waals surface area contributed by atoms with E-state index in [1.54, 1.807) is 16.9 Å². The van der Waals surface area contributed by atoms with E-state index in [-0.39, 0.29) is 6.04 Å². The smallest absolute Gasteiger partial charge is 0.335 e. The van der Waals surface area contributed by atoms with Gasteiger partial charge in [0.25, 0.3) is 0 Å². The van der Waals surface area contributed by atoms with Gasteiger partial charge in [0.1, 0.15) is 17.0 Å². The maximum Gasteiger partial charge on any atom is 0.404 e. The molecular weight excluding hydrogens is 489 g/mol. The zero-order valence-corrected chi connectivity index (χ0v) is 19.8. The molecule has 1 saturated carbocycles. The van der Waals surface area contributed by atoms with Gasteiger partial charge < -0.3 is 4.57 Å². The number of hydrogen-bond donors (Lipinski definition) is 1. The quantitative estimate of drug-likeness (QED) is 0.458. The Balaban J connectivity index is 1.82. The first-order valence-corrected chi connectivity index (χ1v) is 12.7. The molecule has 0 saturated heterocycles. The van der Waals surface area contributed by atoms with Gasteiger partial charge >= 0.3 is 6.18 Å². The Morgan fingerprint density at radius 3 is 2.50 bits per heavy atom. The Labute approximate surface area is 200 Å². The summed E-state index contributed by atoms with van der Waals surface area (Å²) in [6.45, 7) is 0.728. The number of aromatic nitrogens is 2. The largest absolute Gasteiger partial charge is 0.404 e. The fraction of sp³-hybridized carbons (Fsp3) is 0.391. The van der Waals surface area contributed by atoms with Crippen molar-refractivity contribution in [2.24, 2.45) is 0 Å². The number of benzene rings is 1. The summed E-state index contributed by atoms with van der Waals surface area (Å²) >= 11 is 6.20. The lowest BCUT2D eigenvalue weighted by molar-refractivity contribution is -0.147. The molecule has 2 heterocycles. The maximum atomic E-state index is 12.8. The minimum atomic E-state index is -4.72. The van der Waals surface area contributed by atoms with Crippen molar-refractivity contribution >= 4 is 32.5 Å². The van der Waals surface area contributed by atoms with Gasteiger partial charge in [-0.2, -0.15) is 23.2 Å². The first kappa shape index (κ1) is 24.5. The second kappa shape index (κ2) is 9.21. The number of sulfonamides is 1. The number of fused-ring (bicyclic) bond motifs is 1. The molecule has 3 aromatic rings. The van der Waals surface area contributed by atoms with Crippen LogP contribution in [0, 0.1) is 11.3 Å². The normalized spacial score (nSPS) is 16.5. The standard InChI is InChI=1S/C23H22ClF3N4O2S/c1-14(23(25,26)27)30-34(32,33)17-8-9-20(29-13-17)22-19(12-28)18-11-15(24)7-10-21(18)31(22)16-5-3-2-4-6-16/h7-11,13-14,16,30H,2-6H2,1H3/t14-/m1/s1. The zero-order chi connectivity index (χ0) is 24.7. The monoisotopic (exact) mass is 510 g/mol. The molecule has 1 fully saturated rings. The van der Waals surface area contributed by atoms with Crippen molar-refractivity contribution in [2.75, 3.05) is 0 Å². The van der Waals surface area contributed by atoms with Crippen molar-refractivity contribution in [1.29, 1.82) is 5.26 Å². The third kappa shape index (κ3) is 4.65. The van der Waals surface area contributed by atoms with E-state index in [1.807, 2.05) is 6.07 Å². The second-order valence-corrected chi connectivity index (χ2v) is 10.6. The maximum absolute atomic E-state index is 12.8. The van der Waals surface area contributed by atoms with Gasteiger partial charge in [0.2, 0.25) is 10.0 Å². The number of pyridine rings is 1. The molecule has 4 rings (SSSR count). The molecule has 0 bridgehead atoms. The molecular formula is C23H22ClF3N4O2S. The SMILES string of the molecule is C[C@@H](NS(=O)(=O)c1ccc(-c2c(C#N)c3cc(Cl)ccc3n2C2CCCCC2)nc1)C(F)(F)F. The molecule has 6 nitrogen and oxygen atoms in total. The van der Waals surface area contributed by atoms with E-state index in [2.05, 4.69) is 15.6 Å². The molecule has 0 aliphatic heterocycles. The van der Waals surface area contributed by atoms with Gasteiger partial charge in [-0.05, 0) is 50.1 Å². The van der Waals surface area contributed by atoms with Crippen molar-refractivity contribution < 1.29 is 21.6 Å². The zero-order valence-electron chi connectivity index (χ0n) is 18.2. The number of hydrogen-bond acceptors (Lipinski definition) is 4. The van der Waals surface area contributed by atoms with Crippen LogP contribution in [0.1, 0.15) is 50.6 Å². The Kier molecular flexibility index (Phi) is 6.64. The van der Waals surface area contributed by atoms with E-state index >= 15 is 0 Å². The number of nitrogens with one attached hydrogen (secondary N) is 1. The molecule has 1 N–H and O–H groups in total. The van der Waals surface area contributed by atoms with Crippen LogP contribution >= 0.6 is 11.6 Å². The molecule has 11 heteroatoms. The summed E-state index contributed by atoms with van der Waals surface area (Å²) in [6, 6.07) is 8.07. The topological polar surface area (TPSA) is 87.8 Å². The van der Waals surface area contributed by atoms with E-state index < -0.39 is 27.1 Å². The summed E-state index contributed by atoms with van der Waals surface area (Å²) in [7, 11) is -4.44. The Morgan fingerprint density at radius 2 is 1.91 bits per heavy atom. The predicted molar refractivity (Wildman–Crippen MR) is 123 cm³/mol. The van der Waals surface area contributed by atoms with Gasteiger partial charge in [0.15, 0.2) is 0 Å². The highest BCUT2D eigenvalue weighted by molar-refractivity contribution is 7.89. The van der Waals surface area contributed by atoms with Crippen LogP contribution in [0.25, 0.3) is 22.3 Å². The molecule has 0 unspecified atom stereocenters. The second-order valence-electron chi connectivity index (χ2n) is 8.42. The van der Waals surface area contributed by atoms with Gasteiger partial charge in [-0.25, -0.2) is 8.42 Å². The highest BCUT2D eigenvalue weighted by Gasteiger charge is 2.39. The van der Waals surface area contributed by atoms with Crippen LogP contribution in [-0.2, 0) is 10.0 Å². The van der Waals surface area contributed by atoms with Crippen LogP contribution in [0.2, 0.25) is 5.02 Å². The van der Waals surface area contributed by atoms with E-state index in [0.717, 1.165) is 50.7 Å². The highest BCUT2D eigenvalue weighted by Crippen LogP contribution is 2.40. The number of nitriles is 1. The Bertz CT molecular complexity index is 1360. The van der Waals surface area contributed by atoms with Crippen LogP contribution in [0.15, 0.2) is 41.4 Å². The predicted octanol–water partition coefficient (Wildman–Crippen LogP) is 5.96. The summed E-state index contributed by atoms with van der Waals surface area (Å²) < 4.78 is 67.0. The third-order valence-electron chi connectivity index (χ3n) is 6.13. The Hall–Kier alpha value is -2.61. The number of nitrogens with zero attached hydrogens (tertiary/aromatic N) is 3. The summed E-state index contributed by atoms with van der Waals surface area (Å²) in [5, 5.41) is 11.2. The van der Waals surface area contributed by atoms with Crippen molar-refractivity contribution in [3.63, 3.8) is 0 Å². The average Bonchev–Trinajstić information content (AvgIpc) is 3.12. The minimum absolute atomic E-state index is 0.133. The summed E-state index contributed by atoms with van der Waals surface area (Å²) in [5.41, 5.74) is 2.11. The van der Waals surface area contributed by atoms with Gasteiger partial charge in [-0.1, -0.05) is 30.9 Å². The van der Waals surface area contributed by atoms with Crippen LogP contribution < -0.4 is 4.72 Å². The van der Waals surface area contributed by atoms with Gasteiger partial charge in [0, 0.05) is 22.6 Å². The lowest BCUT2D eigenvalue weighted by Gasteiger charge is -2.26. The fourth-order valence-corrected chi connectivity index (χ4v) is 5.76. The van der Waals surface area contributed by atoms with Crippen molar-refractivity contribution in [1.82, 2.24) is 14.3 Å². The minimum Gasteiger partial charge on any atom is -0.335 e. The van der Waals surface area contributed by atoms with Gasteiger partial charge in [-0.3, -0.25) is 4.98 Å². The van der Waals surface area contributed by atoms with E-state index in [9.17, 15) is 26.9 Å². The first-order chi connectivity index (χ1) is 16.0. The van der Waals surface area contributed by atoms with Crippen molar-refractivity contribution in [2.45, 2.75) is 62.2 Å². The molecule has 2 aromatic heterocycles. The molecule has 180 valence electrons. The van der Waals surface area contributed by atoms with Crippen LogP contribution in [-0.4, -0.2) is 30.2 Å². The lowest BCUT2D eigenvalue weighted by Crippen LogP contribution is -2.42. The lowest BCUT2D eigenvalue weighted by atomic mass is 9.95. The summed E-state index contributed by atoms with van der Waals surface area (Å²) in [4.78, 5) is 3.87. The molecule has 34 heavy (non-hydrogen) atoms. The molecule has 0 spiro atoms. The summed E-state index contributed by atoms with van der Waals surface area (Å²) in [5.74, 6) is 0. The van der Waals surface area contributed by atoms with E-state index in [4.69, 9.17) is 11.6 Å². The summed E-state index contributed by atoms with van der Waals surface area (Å²) in [6.07, 6.45) is 1.38. The molecule has 0 amide bonds. The van der Waals surface area contributed by atoms with Gasteiger partial charge in [-0.15, -0.1) is 0 Å². The molecule has 1 aliphatic rings. The molecule has 0 radical (unpaired) electrons. The Morgan fingerprint density at radius 1 is 1.21 bits per heavy atom. The van der Waals surface area contributed by atoms with E-state index in [1.165, 1.54) is 12.1 Å². The fourth-order valence-electron chi connectivity index (χ4n) is 4.42. The highest BCUT2D eigenvalue weighted by atomic mass is 35.5. The number of rotatable bonds is 5. The molecule has 1 atom stereocenters. The third-order valence-corrected chi connectivity index (χ3v) is 7.89.